The van der Waals surface area contributed by atoms with Gasteiger partial charge < -0.3 is 24.8 Å². The van der Waals surface area contributed by atoms with E-state index in [4.69, 9.17) is 46.4 Å². The molecule has 0 saturated heterocycles. The normalized spacial score (nSPS) is 13.0. The largest absolute Gasteiger partial charge is 1.00 e. The summed E-state index contributed by atoms with van der Waals surface area (Å²) in [6.45, 7) is 28.0. The Morgan fingerprint density at radius 3 is 1.29 bits per heavy atom. The first-order valence-corrected chi connectivity index (χ1v) is 23.0. The molecule has 0 atom stereocenters. The van der Waals surface area contributed by atoms with Gasteiger partial charge in [0.05, 0.1) is 0 Å². The summed E-state index contributed by atoms with van der Waals surface area (Å²) in [5.74, 6) is 1.93. The number of fused-ring (bicyclic) bond motifs is 3. The Balaban J connectivity index is 0.000000354. The van der Waals surface area contributed by atoms with Gasteiger partial charge >= 0.3 is 167 Å². The van der Waals surface area contributed by atoms with E-state index in [0.29, 0.717) is 23.5 Å². The molecule has 0 spiro atoms. The van der Waals surface area contributed by atoms with Crippen LogP contribution in [0.3, 0.4) is 0 Å². The van der Waals surface area contributed by atoms with Crippen LogP contribution in [0.5, 0.6) is 0 Å². The molecule has 0 saturated carbocycles. The fraction of sp³-hybridized carbons (Fsp3) is 0.431. The van der Waals surface area contributed by atoms with Gasteiger partial charge in [0.15, 0.2) is 0 Å². The number of rotatable bonds is 6. The topological polar surface area (TPSA) is 0 Å². The van der Waals surface area contributed by atoms with Crippen LogP contribution >= 0.6 is 46.4 Å². The molecule has 58 heavy (non-hydrogen) atoms. The van der Waals surface area contributed by atoms with E-state index < -0.39 is 0 Å². The molecule has 312 valence electrons. The average molecular weight is 977 g/mol. The fourth-order valence-corrected chi connectivity index (χ4v) is 8.58. The second-order valence-electron chi connectivity index (χ2n) is 19.2. The molecular formula is C51H60Cl6Zr-2. The van der Waals surface area contributed by atoms with E-state index in [1.54, 1.807) is 0 Å². The quantitative estimate of drug-likeness (QED) is 0.118. The molecule has 2 aliphatic rings. The van der Waals surface area contributed by atoms with E-state index in [1.807, 2.05) is 24.3 Å². The van der Waals surface area contributed by atoms with Crippen molar-refractivity contribution in [3.63, 3.8) is 0 Å². The minimum absolute atomic E-state index is 0. The summed E-state index contributed by atoms with van der Waals surface area (Å²) < 4.78 is 1.25. The number of halogens is 6. The standard InChI is InChI=1S/C29H41.C17H14Cl4.C5H5.2ClH.Zr/c1-26(2,3)22-14-18-13-19-15-23(27(4,5)6)25(29(10,11)12)17-21(19)20(18)16-24(22)28(7,8)9;18-8-14-2-12(3-15(6-14)9-19)1-13-4-16(10-20)7-17(5-13)11-21;1-2-4-5-3-1;;;/h14,16-17H,13H2,1-12H3;2-7H,8-11H2;1-3H,4H2;2*1H;/q-1;;-1;;;+2/p-2. The Morgan fingerprint density at radius 2 is 0.966 bits per heavy atom. The first kappa shape index (κ1) is 53.0. The van der Waals surface area contributed by atoms with Gasteiger partial charge in [0.2, 0.25) is 0 Å². The zero-order chi connectivity index (χ0) is 41.8. The maximum absolute atomic E-state index is 5.99. The number of benzene rings is 4. The van der Waals surface area contributed by atoms with Crippen LogP contribution in [0.4, 0.5) is 0 Å². The van der Waals surface area contributed by atoms with Crippen LogP contribution in [0.2, 0.25) is 0 Å². The average Bonchev–Trinajstić information content (AvgIpc) is 3.83. The molecule has 0 unspecified atom stereocenters. The van der Waals surface area contributed by atoms with Crippen molar-refractivity contribution in [2.45, 2.75) is 141 Å². The molecule has 2 aliphatic carbocycles. The molecule has 0 radical (unpaired) electrons. The van der Waals surface area contributed by atoms with Crippen molar-refractivity contribution in [1.82, 2.24) is 0 Å². The number of alkyl halides is 4. The maximum Gasteiger partial charge on any atom is -0.109 e. The minimum Gasteiger partial charge on any atom is -1.00 e. The molecule has 6 rings (SSSR count). The van der Waals surface area contributed by atoms with Gasteiger partial charge in [0, 0.05) is 0 Å². The molecule has 4 aromatic carbocycles. The van der Waals surface area contributed by atoms with Crippen LogP contribution in [0, 0.1) is 12.1 Å². The van der Waals surface area contributed by atoms with Gasteiger partial charge in [0.25, 0.3) is 0 Å². The predicted molar refractivity (Wildman–Crippen MR) is 244 cm³/mol. The van der Waals surface area contributed by atoms with E-state index in [2.05, 4.69) is 144 Å². The first-order valence-electron chi connectivity index (χ1n) is 19.6. The molecule has 0 nitrogen and oxygen atoms in total. The van der Waals surface area contributed by atoms with Crippen molar-refractivity contribution in [2.75, 3.05) is 0 Å². The molecule has 0 aromatic heterocycles. The molecule has 7 heteroatoms. The van der Waals surface area contributed by atoms with Crippen LogP contribution in [-0.4, -0.2) is 3.21 Å². The Labute approximate surface area is 399 Å². The molecule has 4 aromatic rings. The smallest absolute Gasteiger partial charge is 0.109 e. The Kier molecular flexibility index (Phi) is 19.9. The predicted octanol–water partition coefficient (Wildman–Crippen LogP) is 9.32. The van der Waals surface area contributed by atoms with Crippen molar-refractivity contribution in [3.8, 4) is 11.1 Å². The van der Waals surface area contributed by atoms with E-state index >= 15 is 0 Å². The zero-order valence-corrected chi connectivity index (χ0v) is 43.4. The summed E-state index contributed by atoms with van der Waals surface area (Å²) >= 11 is 25.3. The van der Waals surface area contributed by atoms with Crippen LogP contribution in [0.1, 0.15) is 156 Å². The maximum atomic E-state index is 5.99. The van der Waals surface area contributed by atoms with E-state index in [9.17, 15) is 0 Å². The van der Waals surface area contributed by atoms with Crippen molar-refractivity contribution in [1.29, 1.82) is 0 Å². The van der Waals surface area contributed by atoms with Crippen LogP contribution in [0.25, 0.3) is 11.1 Å². The second-order valence-corrected chi connectivity index (χ2v) is 21.5. The number of allylic oxidation sites excluding steroid dienone is 4. The SMILES string of the molecule is CC(C)(C)c1[c-]c2c(cc1C(C)(C)C)-c1cc(C(C)(C)C)c(C(C)(C)C)cc1C2.ClCc1cc(CCl)cc([C](=[Zr+2])c2cc(CCl)cc(CCl)c2)c1.[C-]1=CC=CC1.[Cl-].[Cl-]. The monoisotopic (exact) mass is 972 g/mol. The summed E-state index contributed by atoms with van der Waals surface area (Å²) in [5, 5.41) is 0. The van der Waals surface area contributed by atoms with E-state index in [-0.39, 0.29) is 46.5 Å². The minimum atomic E-state index is 0. The van der Waals surface area contributed by atoms with Crippen molar-refractivity contribution in [3.05, 3.63) is 152 Å². The van der Waals surface area contributed by atoms with Gasteiger partial charge in [-0.1, -0.05) is 106 Å². The van der Waals surface area contributed by atoms with Crippen molar-refractivity contribution < 1.29 is 49.0 Å². The van der Waals surface area contributed by atoms with Crippen LogP contribution in [0.15, 0.2) is 72.8 Å². The summed E-state index contributed by atoms with van der Waals surface area (Å²) in [4.78, 5) is 0. The van der Waals surface area contributed by atoms with Gasteiger partial charge in [-0.25, -0.2) is 12.2 Å². The summed E-state index contributed by atoms with van der Waals surface area (Å²) in [6.07, 6.45) is 11.0. The third-order valence-corrected chi connectivity index (χ3v) is 12.8. The van der Waals surface area contributed by atoms with Gasteiger partial charge in [-0.2, -0.15) is 23.8 Å². The molecule has 0 fully saturated rings. The summed E-state index contributed by atoms with van der Waals surface area (Å²) in [7, 11) is 0. The molecule has 0 amide bonds. The second kappa shape index (κ2) is 21.8. The Morgan fingerprint density at radius 1 is 0.552 bits per heavy atom. The van der Waals surface area contributed by atoms with Gasteiger partial charge in [0.1, 0.15) is 0 Å². The van der Waals surface area contributed by atoms with Crippen LogP contribution in [-0.2, 0) is 75.8 Å². The summed E-state index contributed by atoms with van der Waals surface area (Å²) in [5.41, 5.74) is 18.6. The molecular weight excluding hydrogens is 917 g/mol. The molecule has 0 aliphatic heterocycles. The van der Waals surface area contributed by atoms with E-state index in [0.717, 1.165) is 35.1 Å². The summed E-state index contributed by atoms with van der Waals surface area (Å²) in [6, 6.07) is 24.0. The van der Waals surface area contributed by atoms with Gasteiger partial charge in [-0.15, -0.1) is 23.1 Å². The molecule has 0 N–H and O–H groups in total. The fourth-order valence-electron chi connectivity index (χ4n) is 7.25. The van der Waals surface area contributed by atoms with Gasteiger partial charge in [-0.05, 0) is 39.4 Å². The number of hydrogen-bond donors (Lipinski definition) is 0. The van der Waals surface area contributed by atoms with Crippen LogP contribution < -0.4 is 24.8 Å². The van der Waals surface area contributed by atoms with Gasteiger partial charge in [-0.3, -0.25) is 6.08 Å². The third-order valence-electron chi connectivity index (χ3n) is 10.1. The van der Waals surface area contributed by atoms with Crippen molar-refractivity contribution in [2.24, 2.45) is 0 Å². The molecule has 0 heterocycles. The third kappa shape index (κ3) is 13.7. The zero-order valence-electron chi connectivity index (χ0n) is 36.4. The number of hydrogen-bond acceptors (Lipinski definition) is 0. The first-order chi connectivity index (χ1) is 26.0. The Bertz CT molecular complexity index is 1900. The molecule has 0 bridgehead atoms. The Hall–Kier alpha value is -1.15. The van der Waals surface area contributed by atoms with E-state index in [1.165, 1.54) is 83.1 Å². The van der Waals surface area contributed by atoms with Crippen molar-refractivity contribution >= 4 is 49.6 Å².